The molecule has 11 heteroatoms. The lowest BCUT2D eigenvalue weighted by Gasteiger charge is -2.32. The molecule has 0 saturated heterocycles. The van der Waals surface area contributed by atoms with Crippen molar-refractivity contribution >= 4 is 50.7 Å². The molecule has 0 bridgehead atoms. The summed E-state index contributed by atoms with van der Waals surface area (Å²) in [5.41, 5.74) is 1.82. The summed E-state index contributed by atoms with van der Waals surface area (Å²) in [4.78, 5) is 29.2. The quantitative estimate of drug-likeness (QED) is 0.193. The number of nitrogens with zero attached hydrogens (tertiary/aromatic N) is 2. The van der Waals surface area contributed by atoms with E-state index in [1.807, 2.05) is 51.1 Å². The molecule has 2 amide bonds. The number of carbonyl (C=O) groups excluding carboxylic acids is 2. The molecule has 3 aromatic carbocycles. The maximum absolute atomic E-state index is 14.0. The van der Waals surface area contributed by atoms with Crippen molar-refractivity contribution in [1.29, 1.82) is 0 Å². The fraction of sp³-hybridized carbons (Fsp3) is 0.394. The minimum Gasteiger partial charge on any atom is -0.492 e. The molecule has 0 unspecified atom stereocenters. The van der Waals surface area contributed by atoms with Crippen LogP contribution in [0.2, 0.25) is 10.0 Å². The van der Waals surface area contributed by atoms with Crippen LogP contribution in [0.4, 0.5) is 5.69 Å². The standard InChI is InChI=1S/C33H41Cl2N3O5S/c1-5-43-31-18-10-9-17-29(31)38(44(4,41)42)20-12-19-32(39)37(23-26-27(34)15-11-16-28(26)35)30(33(40)36-22-24(2)3)21-25-13-7-6-8-14-25/h6-11,13-18,24,30H,5,12,19-23H2,1-4H3,(H,36,40)/t30-/m0/s1. The molecule has 3 rings (SSSR count). The number of para-hydroxylation sites is 2. The predicted molar refractivity (Wildman–Crippen MR) is 178 cm³/mol. The number of anilines is 1. The van der Waals surface area contributed by atoms with Gasteiger partial charge in [-0.15, -0.1) is 0 Å². The molecule has 0 radical (unpaired) electrons. The number of carbonyl (C=O) groups is 2. The molecule has 0 aliphatic carbocycles. The Morgan fingerprint density at radius 3 is 2.18 bits per heavy atom. The van der Waals surface area contributed by atoms with Crippen LogP contribution in [0.1, 0.15) is 44.7 Å². The zero-order valence-corrected chi connectivity index (χ0v) is 28.0. The maximum Gasteiger partial charge on any atom is 0.243 e. The summed E-state index contributed by atoms with van der Waals surface area (Å²) in [6.45, 7) is 6.68. The average molecular weight is 663 g/mol. The van der Waals surface area contributed by atoms with Gasteiger partial charge in [-0.25, -0.2) is 8.42 Å². The topological polar surface area (TPSA) is 96.0 Å². The third-order valence-corrected chi connectivity index (χ3v) is 8.82. The summed E-state index contributed by atoms with van der Waals surface area (Å²) in [5, 5.41) is 3.75. The Morgan fingerprint density at radius 2 is 1.57 bits per heavy atom. The second kappa shape index (κ2) is 16.7. The van der Waals surface area contributed by atoms with Gasteiger partial charge in [-0.05, 0) is 49.1 Å². The molecule has 44 heavy (non-hydrogen) atoms. The van der Waals surface area contributed by atoms with Gasteiger partial charge in [0.15, 0.2) is 0 Å². The van der Waals surface area contributed by atoms with E-state index in [2.05, 4.69) is 5.32 Å². The number of ether oxygens (including phenoxy) is 1. The van der Waals surface area contributed by atoms with Crippen LogP contribution in [-0.4, -0.2) is 57.1 Å². The van der Waals surface area contributed by atoms with Crippen LogP contribution >= 0.6 is 23.2 Å². The maximum atomic E-state index is 14.0. The van der Waals surface area contributed by atoms with Crippen LogP contribution in [0, 0.1) is 5.92 Å². The SMILES string of the molecule is CCOc1ccccc1N(CCCC(=O)N(Cc1c(Cl)cccc1Cl)[C@@H](Cc1ccccc1)C(=O)NCC(C)C)S(C)(=O)=O. The molecule has 0 fully saturated rings. The third kappa shape index (κ3) is 10.1. The molecule has 1 N–H and O–H groups in total. The molecule has 238 valence electrons. The van der Waals surface area contributed by atoms with Gasteiger partial charge in [-0.2, -0.15) is 0 Å². The Labute approximate surface area is 271 Å². The summed E-state index contributed by atoms with van der Waals surface area (Å²) in [5.74, 6) is 0.0298. The molecule has 0 heterocycles. The lowest BCUT2D eigenvalue weighted by atomic mass is 10.0. The number of rotatable bonds is 16. The van der Waals surface area contributed by atoms with E-state index < -0.39 is 16.1 Å². The summed E-state index contributed by atoms with van der Waals surface area (Å²) in [6.07, 6.45) is 1.58. The third-order valence-electron chi connectivity index (χ3n) is 6.93. The fourth-order valence-electron chi connectivity index (χ4n) is 4.75. The van der Waals surface area contributed by atoms with Gasteiger partial charge >= 0.3 is 0 Å². The van der Waals surface area contributed by atoms with Gasteiger partial charge in [0.05, 0.1) is 18.6 Å². The number of hydrogen-bond donors (Lipinski definition) is 1. The smallest absolute Gasteiger partial charge is 0.243 e. The summed E-state index contributed by atoms with van der Waals surface area (Å²) >= 11 is 13.0. The molecule has 0 aliphatic rings. The van der Waals surface area contributed by atoms with Crippen molar-refractivity contribution in [3.63, 3.8) is 0 Å². The molecule has 0 aromatic heterocycles. The predicted octanol–water partition coefficient (Wildman–Crippen LogP) is 6.35. The van der Waals surface area contributed by atoms with E-state index in [-0.39, 0.29) is 50.1 Å². The van der Waals surface area contributed by atoms with Crippen LogP contribution in [0.25, 0.3) is 0 Å². The van der Waals surface area contributed by atoms with Gasteiger partial charge in [0.25, 0.3) is 0 Å². The lowest BCUT2D eigenvalue weighted by Crippen LogP contribution is -2.51. The Hall–Kier alpha value is -3.27. The van der Waals surface area contributed by atoms with Crippen molar-refractivity contribution in [2.45, 2.75) is 52.6 Å². The Morgan fingerprint density at radius 1 is 0.932 bits per heavy atom. The Kier molecular flexibility index (Phi) is 13.4. The van der Waals surface area contributed by atoms with Crippen molar-refractivity contribution in [2.24, 2.45) is 5.92 Å². The molecule has 0 spiro atoms. The second-order valence-corrected chi connectivity index (χ2v) is 13.6. The Balaban J connectivity index is 1.94. The van der Waals surface area contributed by atoms with Crippen molar-refractivity contribution < 1.29 is 22.7 Å². The van der Waals surface area contributed by atoms with Crippen LogP contribution in [0.5, 0.6) is 5.75 Å². The summed E-state index contributed by atoms with van der Waals surface area (Å²) in [7, 11) is -3.69. The highest BCUT2D eigenvalue weighted by Gasteiger charge is 2.31. The number of halogens is 2. The highest BCUT2D eigenvalue weighted by atomic mass is 35.5. The van der Waals surface area contributed by atoms with E-state index >= 15 is 0 Å². The van der Waals surface area contributed by atoms with Crippen molar-refractivity contribution in [3.05, 3.63) is 94.0 Å². The van der Waals surface area contributed by atoms with Crippen LogP contribution < -0.4 is 14.4 Å². The monoisotopic (exact) mass is 661 g/mol. The van der Waals surface area contributed by atoms with E-state index in [1.54, 1.807) is 42.5 Å². The molecule has 0 saturated carbocycles. The van der Waals surface area contributed by atoms with Gasteiger partial charge in [0.2, 0.25) is 21.8 Å². The minimum absolute atomic E-state index is 0.00685. The van der Waals surface area contributed by atoms with Crippen molar-refractivity contribution in [1.82, 2.24) is 10.2 Å². The number of hydrogen-bond acceptors (Lipinski definition) is 5. The first kappa shape index (κ1) is 35.2. The minimum atomic E-state index is -3.69. The first-order chi connectivity index (χ1) is 20.9. The van der Waals surface area contributed by atoms with Gasteiger partial charge < -0.3 is 15.0 Å². The fourth-order valence-corrected chi connectivity index (χ4v) is 6.24. The van der Waals surface area contributed by atoms with Crippen molar-refractivity contribution in [3.8, 4) is 5.75 Å². The zero-order chi connectivity index (χ0) is 32.3. The molecule has 8 nitrogen and oxygen atoms in total. The van der Waals surface area contributed by atoms with Gasteiger partial charge in [0.1, 0.15) is 11.8 Å². The number of nitrogens with one attached hydrogen (secondary N) is 1. The highest BCUT2D eigenvalue weighted by molar-refractivity contribution is 7.92. The first-order valence-electron chi connectivity index (χ1n) is 14.7. The van der Waals surface area contributed by atoms with E-state index in [1.165, 1.54) is 9.21 Å². The molecular formula is C33H41Cl2N3O5S. The number of benzene rings is 3. The summed E-state index contributed by atoms with van der Waals surface area (Å²) < 4.78 is 32.6. The van der Waals surface area contributed by atoms with E-state index in [0.29, 0.717) is 40.2 Å². The normalized spacial score (nSPS) is 12.1. The first-order valence-corrected chi connectivity index (χ1v) is 17.3. The van der Waals surface area contributed by atoms with Crippen LogP contribution in [0.15, 0.2) is 72.8 Å². The van der Waals surface area contributed by atoms with Crippen LogP contribution in [0.3, 0.4) is 0 Å². The second-order valence-electron chi connectivity index (χ2n) is 10.9. The lowest BCUT2D eigenvalue weighted by molar-refractivity contribution is -0.141. The molecule has 1 atom stereocenters. The molecular weight excluding hydrogens is 621 g/mol. The number of sulfonamides is 1. The molecule has 0 aliphatic heterocycles. The zero-order valence-electron chi connectivity index (χ0n) is 25.6. The van der Waals surface area contributed by atoms with E-state index in [0.717, 1.165) is 11.8 Å². The molecule has 3 aromatic rings. The van der Waals surface area contributed by atoms with Gasteiger partial charge in [-0.1, -0.05) is 85.6 Å². The average Bonchev–Trinajstić information content (AvgIpc) is 2.97. The highest BCUT2D eigenvalue weighted by Crippen LogP contribution is 2.31. The van der Waals surface area contributed by atoms with Gasteiger partial charge in [-0.3, -0.25) is 13.9 Å². The van der Waals surface area contributed by atoms with Crippen molar-refractivity contribution in [2.75, 3.05) is 30.3 Å². The Bertz CT molecular complexity index is 1480. The summed E-state index contributed by atoms with van der Waals surface area (Å²) in [6, 6.07) is 20.6. The van der Waals surface area contributed by atoms with E-state index in [4.69, 9.17) is 27.9 Å². The van der Waals surface area contributed by atoms with E-state index in [9.17, 15) is 18.0 Å². The largest absolute Gasteiger partial charge is 0.492 e. The van der Waals surface area contributed by atoms with Crippen LogP contribution in [-0.2, 0) is 32.6 Å². The van der Waals surface area contributed by atoms with Gasteiger partial charge in [0, 0.05) is 48.1 Å². The number of amides is 2.